The standard InChI is InChI=1S/C22H26N2O4S/c1-14(2)20(24-21(25)16-9-5-4-8-15(16)3)22(26)23-18-12-13-29(27,28)19-11-7-6-10-17(18)19/h4-11,14,18,20H,12-13H2,1-3H3,(H,23,26)(H,24,25)/t18-,20-/m0/s1. The Morgan fingerprint density at radius 3 is 2.38 bits per heavy atom. The van der Waals surface area contributed by atoms with Crippen molar-refractivity contribution in [1.82, 2.24) is 10.6 Å². The first-order chi connectivity index (χ1) is 13.7. The van der Waals surface area contributed by atoms with E-state index in [2.05, 4.69) is 10.6 Å². The fourth-order valence-corrected chi connectivity index (χ4v) is 5.20. The molecule has 0 bridgehead atoms. The minimum absolute atomic E-state index is 0.0170. The van der Waals surface area contributed by atoms with E-state index in [1.165, 1.54) is 0 Å². The van der Waals surface area contributed by atoms with Crippen molar-refractivity contribution in [3.63, 3.8) is 0 Å². The Morgan fingerprint density at radius 2 is 1.69 bits per heavy atom. The van der Waals surface area contributed by atoms with Gasteiger partial charge in [0.15, 0.2) is 9.84 Å². The van der Waals surface area contributed by atoms with Gasteiger partial charge in [-0.3, -0.25) is 9.59 Å². The predicted octanol–water partition coefficient (Wildman–Crippen LogP) is 2.78. The minimum atomic E-state index is -3.33. The van der Waals surface area contributed by atoms with Crippen LogP contribution in [0.4, 0.5) is 0 Å². The molecule has 0 aliphatic carbocycles. The lowest BCUT2D eigenvalue weighted by Crippen LogP contribution is -2.51. The smallest absolute Gasteiger partial charge is 0.252 e. The summed E-state index contributed by atoms with van der Waals surface area (Å²) in [6.45, 7) is 5.57. The first-order valence-corrected chi connectivity index (χ1v) is 11.3. The number of rotatable bonds is 5. The molecule has 2 aromatic carbocycles. The highest BCUT2D eigenvalue weighted by Crippen LogP contribution is 2.32. The maximum absolute atomic E-state index is 13.0. The van der Waals surface area contributed by atoms with Crippen LogP contribution in [0.1, 0.15) is 47.8 Å². The van der Waals surface area contributed by atoms with Gasteiger partial charge in [0.1, 0.15) is 6.04 Å². The molecule has 0 saturated heterocycles. The lowest BCUT2D eigenvalue weighted by atomic mass is 9.99. The number of nitrogens with one attached hydrogen (secondary N) is 2. The van der Waals surface area contributed by atoms with E-state index in [9.17, 15) is 18.0 Å². The van der Waals surface area contributed by atoms with Gasteiger partial charge < -0.3 is 10.6 Å². The fourth-order valence-electron chi connectivity index (χ4n) is 3.58. The molecule has 3 rings (SSSR count). The maximum atomic E-state index is 13.0. The SMILES string of the molecule is Cc1ccccc1C(=O)N[C@H](C(=O)N[C@H]1CCS(=O)(=O)c2ccccc21)C(C)C. The second-order valence-electron chi connectivity index (χ2n) is 7.72. The van der Waals surface area contributed by atoms with Crippen molar-refractivity contribution in [1.29, 1.82) is 0 Å². The Hall–Kier alpha value is -2.67. The first-order valence-electron chi connectivity index (χ1n) is 9.69. The summed E-state index contributed by atoms with van der Waals surface area (Å²) in [5.74, 6) is -0.771. The maximum Gasteiger partial charge on any atom is 0.252 e. The van der Waals surface area contributed by atoms with Gasteiger partial charge in [0.2, 0.25) is 5.91 Å². The predicted molar refractivity (Wildman–Crippen MR) is 111 cm³/mol. The molecule has 154 valence electrons. The van der Waals surface area contributed by atoms with Crippen LogP contribution in [-0.2, 0) is 14.6 Å². The lowest BCUT2D eigenvalue weighted by molar-refractivity contribution is -0.124. The van der Waals surface area contributed by atoms with Gasteiger partial charge in [-0.1, -0.05) is 50.2 Å². The second-order valence-corrected chi connectivity index (χ2v) is 9.79. The van der Waals surface area contributed by atoms with E-state index in [4.69, 9.17) is 0 Å². The Morgan fingerprint density at radius 1 is 1.03 bits per heavy atom. The summed E-state index contributed by atoms with van der Waals surface area (Å²) in [6, 6.07) is 12.8. The molecule has 0 fully saturated rings. The zero-order chi connectivity index (χ0) is 21.2. The third-order valence-electron chi connectivity index (χ3n) is 5.25. The molecule has 2 aromatic rings. The molecule has 0 saturated carbocycles. The second kappa shape index (κ2) is 8.37. The molecule has 0 unspecified atom stereocenters. The molecule has 1 aliphatic rings. The number of hydrogen-bond donors (Lipinski definition) is 2. The van der Waals surface area contributed by atoms with Crippen molar-refractivity contribution in [2.45, 2.75) is 44.2 Å². The summed E-state index contributed by atoms with van der Waals surface area (Å²) in [5, 5.41) is 5.78. The monoisotopic (exact) mass is 414 g/mol. The van der Waals surface area contributed by atoms with Crippen LogP contribution in [0, 0.1) is 12.8 Å². The molecular formula is C22H26N2O4S. The van der Waals surface area contributed by atoms with E-state index < -0.39 is 21.9 Å². The summed E-state index contributed by atoms with van der Waals surface area (Å²) in [4.78, 5) is 26.0. The number of carbonyl (C=O) groups is 2. The van der Waals surface area contributed by atoms with Crippen LogP contribution in [0.3, 0.4) is 0 Å². The fraction of sp³-hybridized carbons (Fsp3) is 0.364. The average Bonchev–Trinajstić information content (AvgIpc) is 2.68. The quantitative estimate of drug-likeness (QED) is 0.787. The molecule has 0 spiro atoms. The summed E-state index contributed by atoms with van der Waals surface area (Å²) >= 11 is 0. The van der Waals surface area contributed by atoms with Gasteiger partial charge in [-0.25, -0.2) is 8.42 Å². The molecule has 29 heavy (non-hydrogen) atoms. The van der Waals surface area contributed by atoms with Gasteiger partial charge >= 0.3 is 0 Å². The molecule has 1 aliphatic heterocycles. The molecule has 0 radical (unpaired) electrons. The Balaban J connectivity index is 1.79. The van der Waals surface area contributed by atoms with Gasteiger partial charge in [0.25, 0.3) is 5.91 Å². The number of aryl methyl sites for hydroxylation is 1. The molecule has 2 amide bonds. The van der Waals surface area contributed by atoms with Gasteiger partial charge in [0, 0.05) is 5.56 Å². The molecule has 7 heteroatoms. The van der Waals surface area contributed by atoms with E-state index in [-0.39, 0.29) is 28.4 Å². The first kappa shape index (κ1) is 21.0. The number of benzene rings is 2. The Labute approximate surface area is 171 Å². The van der Waals surface area contributed by atoms with Gasteiger partial charge in [-0.2, -0.15) is 0 Å². The molecular weight excluding hydrogens is 388 g/mol. The number of sulfone groups is 1. The highest BCUT2D eigenvalue weighted by atomic mass is 32.2. The topological polar surface area (TPSA) is 92.3 Å². The van der Waals surface area contributed by atoms with E-state index in [1.54, 1.807) is 36.4 Å². The third-order valence-corrected chi connectivity index (χ3v) is 7.06. The van der Waals surface area contributed by atoms with Gasteiger partial charge in [-0.05, 0) is 42.5 Å². The minimum Gasteiger partial charge on any atom is -0.347 e. The van der Waals surface area contributed by atoms with Crippen LogP contribution in [-0.4, -0.2) is 32.0 Å². The van der Waals surface area contributed by atoms with Crippen molar-refractivity contribution in [3.8, 4) is 0 Å². The Bertz CT molecular complexity index is 1030. The van der Waals surface area contributed by atoms with Crippen molar-refractivity contribution in [2.24, 2.45) is 5.92 Å². The zero-order valence-corrected chi connectivity index (χ0v) is 17.6. The molecule has 0 aromatic heterocycles. The summed E-state index contributed by atoms with van der Waals surface area (Å²) in [5.41, 5.74) is 1.96. The lowest BCUT2D eigenvalue weighted by Gasteiger charge is -2.29. The van der Waals surface area contributed by atoms with Crippen LogP contribution >= 0.6 is 0 Å². The van der Waals surface area contributed by atoms with Crippen LogP contribution < -0.4 is 10.6 Å². The van der Waals surface area contributed by atoms with Crippen LogP contribution in [0.25, 0.3) is 0 Å². The Kier molecular flexibility index (Phi) is 6.07. The van der Waals surface area contributed by atoms with Crippen LogP contribution in [0.2, 0.25) is 0 Å². The molecule has 2 N–H and O–H groups in total. The van der Waals surface area contributed by atoms with Crippen LogP contribution in [0.15, 0.2) is 53.4 Å². The summed E-state index contributed by atoms with van der Waals surface area (Å²) in [6.07, 6.45) is 0.307. The molecule has 1 heterocycles. The average molecular weight is 415 g/mol. The van der Waals surface area contributed by atoms with Crippen molar-refractivity contribution >= 4 is 21.7 Å². The van der Waals surface area contributed by atoms with Gasteiger partial charge in [-0.15, -0.1) is 0 Å². The van der Waals surface area contributed by atoms with E-state index in [1.807, 2.05) is 32.9 Å². The van der Waals surface area contributed by atoms with Crippen LogP contribution in [0.5, 0.6) is 0 Å². The van der Waals surface area contributed by atoms with Crippen molar-refractivity contribution < 1.29 is 18.0 Å². The number of hydrogen-bond acceptors (Lipinski definition) is 4. The largest absolute Gasteiger partial charge is 0.347 e. The number of carbonyl (C=O) groups excluding carboxylic acids is 2. The molecule has 2 atom stereocenters. The van der Waals surface area contributed by atoms with Crippen molar-refractivity contribution in [3.05, 3.63) is 65.2 Å². The highest BCUT2D eigenvalue weighted by Gasteiger charge is 2.33. The van der Waals surface area contributed by atoms with Gasteiger partial charge in [0.05, 0.1) is 16.7 Å². The van der Waals surface area contributed by atoms with E-state index in [0.29, 0.717) is 17.5 Å². The van der Waals surface area contributed by atoms with E-state index >= 15 is 0 Å². The van der Waals surface area contributed by atoms with E-state index in [0.717, 1.165) is 5.56 Å². The number of fused-ring (bicyclic) bond motifs is 1. The van der Waals surface area contributed by atoms with Crippen molar-refractivity contribution in [2.75, 3.05) is 5.75 Å². The summed E-state index contributed by atoms with van der Waals surface area (Å²) in [7, 11) is -3.33. The third kappa shape index (κ3) is 4.50. The number of amides is 2. The molecule has 6 nitrogen and oxygen atoms in total. The zero-order valence-electron chi connectivity index (χ0n) is 16.8. The summed E-state index contributed by atoms with van der Waals surface area (Å²) < 4.78 is 24.6. The highest BCUT2D eigenvalue weighted by molar-refractivity contribution is 7.91. The normalized spacial score (nSPS) is 18.6.